The molecule has 0 bridgehead atoms. The smallest absolute Gasteiger partial charge is 0.258 e. The number of amides is 1. The largest absolute Gasteiger partial charge is 0.319 e. The van der Waals surface area contributed by atoms with Gasteiger partial charge in [0.1, 0.15) is 5.51 Å². The van der Waals surface area contributed by atoms with Crippen LogP contribution in [0.5, 0.6) is 0 Å². The summed E-state index contributed by atoms with van der Waals surface area (Å²) in [7, 11) is 0. The van der Waals surface area contributed by atoms with E-state index >= 15 is 0 Å². The molecular weight excluding hydrogens is 407 g/mol. The lowest BCUT2D eigenvalue weighted by atomic mass is 10.2. The zero-order valence-corrected chi connectivity index (χ0v) is 16.0. The number of thiazole rings is 1. The van der Waals surface area contributed by atoms with Gasteiger partial charge in [-0.3, -0.25) is 4.79 Å². The third-order valence-corrected chi connectivity index (χ3v) is 6.12. The van der Waals surface area contributed by atoms with Crippen LogP contribution in [0.25, 0.3) is 0 Å². The molecule has 2 aromatic heterocycles. The summed E-state index contributed by atoms with van der Waals surface area (Å²) < 4.78 is 2.64. The number of benzene rings is 1. The number of halogens is 2. The van der Waals surface area contributed by atoms with Crippen molar-refractivity contribution in [1.82, 2.24) is 14.8 Å². The van der Waals surface area contributed by atoms with E-state index < -0.39 is 0 Å². The van der Waals surface area contributed by atoms with E-state index in [0.717, 1.165) is 9.90 Å². The number of rotatable bonds is 5. The van der Waals surface area contributed by atoms with E-state index in [4.69, 9.17) is 23.2 Å². The van der Waals surface area contributed by atoms with E-state index in [1.54, 1.807) is 17.6 Å². The second kappa shape index (κ2) is 8.26. The van der Waals surface area contributed by atoms with Gasteiger partial charge in [0.15, 0.2) is 9.14 Å². The van der Waals surface area contributed by atoms with Crippen molar-refractivity contribution in [1.29, 1.82) is 0 Å². The van der Waals surface area contributed by atoms with E-state index in [-0.39, 0.29) is 11.7 Å². The van der Waals surface area contributed by atoms with Crippen LogP contribution in [-0.2, 0) is 11.3 Å². The first-order valence-electron chi connectivity index (χ1n) is 6.66. The van der Waals surface area contributed by atoms with Crippen molar-refractivity contribution in [3.63, 3.8) is 0 Å². The maximum absolute atomic E-state index is 12.0. The predicted molar refractivity (Wildman–Crippen MR) is 99.1 cm³/mol. The Bertz CT molecular complexity index is 905. The lowest BCUT2D eigenvalue weighted by molar-refractivity contribution is -0.115. The molecule has 0 aliphatic carbocycles. The summed E-state index contributed by atoms with van der Waals surface area (Å²) in [4.78, 5) is 16.8. The van der Waals surface area contributed by atoms with Gasteiger partial charge >= 0.3 is 0 Å². The maximum Gasteiger partial charge on any atom is 0.258 e. The van der Waals surface area contributed by atoms with Gasteiger partial charge in [-0.25, -0.2) is 0 Å². The van der Waals surface area contributed by atoms with Crippen LogP contribution >= 0.6 is 57.6 Å². The molecule has 5 nitrogen and oxygen atoms in total. The van der Waals surface area contributed by atoms with Gasteiger partial charge in [0.2, 0.25) is 0 Å². The monoisotopic (exact) mass is 416 g/mol. The zero-order chi connectivity index (χ0) is 16.9. The Morgan fingerprint density at radius 1 is 1.33 bits per heavy atom. The quantitative estimate of drug-likeness (QED) is 0.590. The molecule has 0 saturated carbocycles. The number of carbonyl (C=O) groups excluding carboxylic acids is 1. The number of carbonyl (C=O) groups is 1. The topological polar surface area (TPSA) is 60.1 Å². The molecule has 0 aliphatic heterocycles. The average molecular weight is 417 g/mol. The molecule has 0 spiro atoms. The van der Waals surface area contributed by atoms with Crippen LogP contribution in [0.15, 0.2) is 44.6 Å². The standard InChI is InChI=1S/C14H10Cl2N4OS3/c15-10-2-1-9(11(16)5-10)6-20-3-4-22-13(20)18-12(21)7-23-14-19-17-8-24-14/h1-5,8H,6-7H2. The molecule has 0 fully saturated rings. The number of hydrogen-bond acceptors (Lipinski definition) is 6. The highest BCUT2D eigenvalue weighted by atomic mass is 35.5. The molecule has 1 amide bonds. The Balaban J connectivity index is 1.73. The SMILES string of the molecule is O=C(CSc1nncs1)N=c1sccn1Cc1ccc(Cl)cc1Cl. The summed E-state index contributed by atoms with van der Waals surface area (Å²) in [5, 5.41) is 10.7. The molecule has 3 aromatic rings. The molecule has 0 unspecified atom stereocenters. The molecule has 10 heteroatoms. The van der Waals surface area contributed by atoms with E-state index in [2.05, 4.69) is 15.2 Å². The van der Waals surface area contributed by atoms with Crippen LogP contribution in [-0.4, -0.2) is 26.4 Å². The van der Waals surface area contributed by atoms with Crippen molar-refractivity contribution in [2.75, 3.05) is 5.75 Å². The molecule has 1 aromatic carbocycles. The predicted octanol–water partition coefficient (Wildman–Crippen LogP) is 3.98. The van der Waals surface area contributed by atoms with Crippen molar-refractivity contribution >= 4 is 63.5 Å². The Kier molecular flexibility index (Phi) is 6.07. The lowest BCUT2D eigenvalue weighted by Crippen LogP contribution is -2.17. The van der Waals surface area contributed by atoms with Crippen LogP contribution in [0.3, 0.4) is 0 Å². The molecular formula is C14H10Cl2N4OS3. The summed E-state index contributed by atoms with van der Waals surface area (Å²) in [6, 6.07) is 5.36. The summed E-state index contributed by atoms with van der Waals surface area (Å²) in [5.41, 5.74) is 2.55. The Hall–Kier alpha value is -1.19. The van der Waals surface area contributed by atoms with E-state index in [1.165, 1.54) is 34.4 Å². The summed E-state index contributed by atoms with van der Waals surface area (Å²) in [6.45, 7) is 0.523. The van der Waals surface area contributed by atoms with Crippen LogP contribution < -0.4 is 4.80 Å². The molecule has 0 N–H and O–H groups in total. The average Bonchev–Trinajstić information content (AvgIpc) is 3.20. The molecule has 2 heterocycles. The van der Waals surface area contributed by atoms with Gasteiger partial charge in [-0.05, 0) is 17.7 Å². The summed E-state index contributed by atoms with van der Waals surface area (Å²) >= 11 is 16.2. The summed E-state index contributed by atoms with van der Waals surface area (Å²) in [5.74, 6) is 0.0167. The highest BCUT2D eigenvalue weighted by Gasteiger charge is 2.07. The first-order valence-corrected chi connectivity index (χ1v) is 10.2. The fourth-order valence-corrected chi connectivity index (χ4v) is 4.32. The minimum atomic E-state index is -0.214. The van der Waals surface area contributed by atoms with Gasteiger partial charge in [-0.2, -0.15) is 4.99 Å². The third-order valence-electron chi connectivity index (χ3n) is 2.90. The lowest BCUT2D eigenvalue weighted by Gasteiger charge is -2.06. The van der Waals surface area contributed by atoms with Crippen LogP contribution in [0.4, 0.5) is 0 Å². The number of nitrogens with zero attached hydrogens (tertiary/aromatic N) is 4. The van der Waals surface area contributed by atoms with Crippen LogP contribution in [0.1, 0.15) is 5.56 Å². The number of hydrogen-bond donors (Lipinski definition) is 0. The molecule has 3 rings (SSSR count). The Labute approximate surface area is 160 Å². The van der Waals surface area contributed by atoms with Crippen molar-refractivity contribution in [3.8, 4) is 0 Å². The normalized spacial score (nSPS) is 11.8. The third kappa shape index (κ3) is 4.67. The molecule has 0 atom stereocenters. The van der Waals surface area contributed by atoms with Crippen molar-refractivity contribution in [2.45, 2.75) is 10.9 Å². The number of aromatic nitrogens is 3. The minimum Gasteiger partial charge on any atom is -0.319 e. The zero-order valence-electron chi connectivity index (χ0n) is 12.1. The molecule has 0 radical (unpaired) electrons. The van der Waals surface area contributed by atoms with Crippen molar-refractivity contribution in [2.24, 2.45) is 4.99 Å². The highest BCUT2D eigenvalue weighted by molar-refractivity contribution is 8.01. The van der Waals surface area contributed by atoms with Crippen LogP contribution in [0, 0.1) is 0 Å². The van der Waals surface area contributed by atoms with E-state index in [1.807, 2.05) is 22.2 Å². The molecule has 124 valence electrons. The minimum absolute atomic E-state index is 0.214. The van der Waals surface area contributed by atoms with E-state index in [9.17, 15) is 4.79 Å². The second-order valence-corrected chi connectivity index (χ2v) is 8.32. The second-order valence-electron chi connectivity index (χ2n) is 4.55. The van der Waals surface area contributed by atoms with E-state index in [0.29, 0.717) is 21.4 Å². The van der Waals surface area contributed by atoms with Crippen molar-refractivity contribution < 1.29 is 4.79 Å². The number of thioether (sulfide) groups is 1. The van der Waals surface area contributed by atoms with Gasteiger partial charge < -0.3 is 4.57 Å². The maximum atomic E-state index is 12.0. The van der Waals surface area contributed by atoms with Gasteiger partial charge in [-0.1, -0.05) is 52.4 Å². The van der Waals surface area contributed by atoms with Gasteiger partial charge in [0, 0.05) is 21.6 Å². The first kappa shape index (κ1) is 17.6. The molecule has 0 aliphatic rings. The molecule has 24 heavy (non-hydrogen) atoms. The van der Waals surface area contributed by atoms with Gasteiger partial charge in [0.05, 0.1) is 12.3 Å². The fourth-order valence-electron chi connectivity index (χ4n) is 1.83. The Morgan fingerprint density at radius 2 is 2.21 bits per heavy atom. The fraction of sp³-hybridized carbons (Fsp3) is 0.143. The Morgan fingerprint density at radius 3 is 2.96 bits per heavy atom. The highest BCUT2D eigenvalue weighted by Crippen LogP contribution is 2.21. The van der Waals surface area contributed by atoms with Crippen LogP contribution in [0.2, 0.25) is 10.0 Å². The van der Waals surface area contributed by atoms with Crippen molar-refractivity contribution in [3.05, 3.63) is 55.7 Å². The molecule has 0 saturated heterocycles. The summed E-state index contributed by atoms with van der Waals surface area (Å²) in [6.07, 6.45) is 1.87. The first-order chi connectivity index (χ1) is 11.6. The van der Waals surface area contributed by atoms with Gasteiger partial charge in [0.25, 0.3) is 5.91 Å². The van der Waals surface area contributed by atoms with Gasteiger partial charge in [-0.15, -0.1) is 21.5 Å².